The smallest absolute Gasteiger partial charge is 0.255 e. The van der Waals surface area contributed by atoms with Gasteiger partial charge in [0.2, 0.25) is 0 Å². The summed E-state index contributed by atoms with van der Waals surface area (Å²) in [5, 5.41) is 1.86. The Balaban J connectivity index is 1.58. The molecule has 1 aliphatic heterocycles. The molecule has 29 heavy (non-hydrogen) atoms. The van der Waals surface area contributed by atoms with Crippen LogP contribution in [0.5, 0.6) is 0 Å². The molecule has 1 aromatic carbocycles. The first-order chi connectivity index (χ1) is 14.0. The Bertz CT molecular complexity index is 1290. The molecule has 0 unspecified atom stereocenters. The monoisotopic (exact) mass is 404 g/mol. The molecule has 6 heteroatoms. The fraction of sp³-hybridized carbons (Fsp3) is 0.217. The molecule has 0 radical (unpaired) electrons. The van der Waals surface area contributed by atoms with E-state index in [0.29, 0.717) is 5.02 Å². The van der Waals surface area contributed by atoms with Gasteiger partial charge in [-0.1, -0.05) is 17.7 Å². The van der Waals surface area contributed by atoms with Crippen molar-refractivity contribution in [1.82, 2.24) is 19.0 Å². The first kappa shape index (κ1) is 18.2. The molecular weight excluding hydrogens is 384 g/mol. The van der Waals surface area contributed by atoms with Gasteiger partial charge in [0.25, 0.3) is 5.56 Å². The number of hydrogen-bond donors (Lipinski definition) is 0. The second kappa shape index (κ2) is 6.87. The van der Waals surface area contributed by atoms with Gasteiger partial charge in [-0.3, -0.25) is 14.3 Å². The fourth-order valence-electron chi connectivity index (χ4n) is 4.22. The second-order valence-electron chi connectivity index (χ2n) is 7.66. The predicted octanol–water partition coefficient (Wildman–Crippen LogP) is 4.03. The minimum atomic E-state index is -0.0858. The molecule has 5 nitrogen and oxygen atoms in total. The average molecular weight is 405 g/mol. The summed E-state index contributed by atoms with van der Waals surface area (Å²) in [7, 11) is 4.27. The van der Waals surface area contributed by atoms with E-state index >= 15 is 0 Å². The number of halogens is 1. The van der Waals surface area contributed by atoms with Crippen LogP contribution in [0.1, 0.15) is 11.3 Å². The van der Waals surface area contributed by atoms with Crippen LogP contribution in [0.3, 0.4) is 0 Å². The number of benzene rings is 1. The molecule has 0 aliphatic carbocycles. The van der Waals surface area contributed by atoms with Crippen LogP contribution in [0, 0.1) is 0 Å². The highest BCUT2D eigenvalue weighted by Gasteiger charge is 2.21. The molecule has 0 spiro atoms. The van der Waals surface area contributed by atoms with Crippen molar-refractivity contribution in [3.8, 4) is 16.9 Å². The van der Waals surface area contributed by atoms with Gasteiger partial charge in [0.1, 0.15) is 0 Å². The Morgan fingerprint density at radius 1 is 1.07 bits per heavy atom. The average Bonchev–Trinajstić information content (AvgIpc) is 2.99. The van der Waals surface area contributed by atoms with Gasteiger partial charge < -0.3 is 9.47 Å². The molecule has 4 aromatic rings. The van der Waals surface area contributed by atoms with E-state index in [2.05, 4.69) is 40.7 Å². The van der Waals surface area contributed by atoms with Gasteiger partial charge in [-0.25, -0.2) is 0 Å². The first-order valence-corrected chi connectivity index (χ1v) is 10.0. The second-order valence-corrected chi connectivity index (χ2v) is 8.10. The summed E-state index contributed by atoms with van der Waals surface area (Å²) in [6, 6.07) is 13.4. The van der Waals surface area contributed by atoms with E-state index in [-0.39, 0.29) is 5.56 Å². The summed E-state index contributed by atoms with van der Waals surface area (Å²) in [5.41, 5.74) is 6.25. The van der Waals surface area contributed by atoms with Crippen LogP contribution in [0.25, 0.3) is 27.8 Å². The maximum Gasteiger partial charge on any atom is 0.255 e. The molecule has 0 amide bonds. The van der Waals surface area contributed by atoms with Crippen molar-refractivity contribution in [3.05, 3.63) is 81.5 Å². The molecule has 0 saturated carbocycles. The molecule has 5 rings (SSSR count). The van der Waals surface area contributed by atoms with Crippen LogP contribution in [-0.4, -0.2) is 32.6 Å². The molecule has 1 aliphatic rings. The van der Waals surface area contributed by atoms with Crippen LogP contribution in [0.4, 0.5) is 0 Å². The van der Waals surface area contributed by atoms with E-state index in [1.54, 1.807) is 22.9 Å². The molecule has 0 N–H and O–H groups in total. The van der Waals surface area contributed by atoms with Gasteiger partial charge in [-0.15, -0.1) is 0 Å². The zero-order valence-electron chi connectivity index (χ0n) is 16.4. The van der Waals surface area contributed by atoms with Gasteiger partial charge in [-0.05, 0) is 49.4 Å². The zero-order chi connectivity index (χ0) is 20.1. The van der Waals surface area contributed by atoms with E-state index < -0.39 is 0 Å². The van der Waals surface area contributed by atoms with E-state index in [1.165, 1.54) is 16.6 Å². The predicted molar refractivity (Wildman–Crippen MR) is 117 cm³/mol. The minimum absolute atomic E-state index is 0.0858. The Morgan fingerprint density at radius 2 is 1.93 bits per heavy atom. The number of rotatable bonds is 2. The Morgan fingerprint density at radius 3 is 2.69 bits per heavy atom. The Hall–Kier alpha value is -2.89. The van der Waals surface area contributed by atoms with E-state index in [1.807, 2.05) is 24.4 Å². The van der Waals surface area contributed by atoms with Gasteiger partial charge in [0.15, 0.2) is 0 Å². The highest BCUT2D eigenvalue weighted by molar-refractivity contribution is 6.30. The largest absolute Gasteiger partial charge is 0.346 e. The standard InChI is InChI=1S/C23H21ClN4O/c1-26-9-8-19-18-5-4-17(12-21(18)27(2)22(19)14-26)28-10-7-15(11-23(28)29)20-6-3-16(24)13-25-20/h3-7,10-13H,8-9,14H2,1-2H3. The number of aromatic nitrogens is 3. The summed E-state index contributed by atoms with van der Waals surface area (Å²) < 4.78 is 3.94. The van der Waals surface area contributed by atoms with Crippen molar-refractivity contribution < 1.29 is 0 Å². The van der Waals surface area contributed by atoms with Crippen LogP contribution >= 0.6 is 11.6 Å². The minimum Gasteiger partial charge on any atom is -0.346 e. The highest BCUT2D eigenvalue weighted by Crippen LogP contribution is 2.31. The zero-order valence-corrected chi connectivity index (χ0v) is 17.1. The van der Waals surface area contributed by atoms with Crippen molar-refractivity contribution in [2.45, 2.75) is 13.0 Å². The summed E-state index contributed by atoms with van der Waals surface area (Å²) in [6.07, 6.45) is 4.46. The fourth-order valence-corrected chi connectivity index (χ4v) is 4.33. The third kappa shape index (κ3) is 3.07. The van der Waals surface area contributed by atoms with Gasteiger partial charge >= 0.3 is 0 Å². The quantitative estimate of drug-likeness (QED) is 0.506. The van der Waals surface area contributed by atoms with Gasteiger partial charge in [-0.2, -0.15) is 0 Å². The van der Waals surface area contributed by atoms with E-state index in [4.69, 9.17) is 11.6 Å². The third-order valence-electron chi connectivity index (χ3n) is 5.81. The van der Waals surface area contributed by atoms with E-state index in [9.17, 15) is 4.79 Å². The van der Waals surface area contributed by atoms with Crippen molar-refractivity contribution in [2.75, 3.05) is 13.6 Å². The van der Waals surface area contributed by atoms with Crippen molar-refractivity contribution in [1.29, 1.82) is 0 Å². The lowest BCUT2D eigenvalue weighted by atomic mass is 10.0. The molecule has 0 fully saturated rings. The maximum atomic E-state index is 12.8. The molecule has 0 saturated heterocycles. The maximum absolute atomic E-state index is 12.8. The Labute approximate surface area is 173 Å². The molecular formula is C23H21ClN4O. The molecule has 0 atom stereocenters. The lowest BCUT2D eigenvalue weighted by Crippen LogP contribution is -2.27. The number of likely N-dealkylation sites (N-methyl/N-ethyl adjacent to an activating group) is 1. The number of nitrogens with zero attached hydrogens (tertiary/aromatic N) is 4. The first-order valence-electron chi connectivity index (χ1n) is 9.65. The number of aryl methyl sites for hydroxylation is 1. The van der Waals surface area contributed by atoms with E-state index in [0.717, 1.165) is 42.0 Å². The SMILES string of the molecule is CN1CCc2c(n(C)c3cc(-n4ccc(-c5ccc(Cl)cn5)cc4=O)ccc23)C1. The number of pyridine rings is 2. The van der Waals surface area contributed by atoms with Crippen LogP contribution < -0.4 is 5.56 Å². The highest BCUT2D eigenvalue weighted by atomic mass is 35.5. The van der Waals surface area contributed by atoms with Crippen molar-refractivity contribution >= 4 is 22.5 Å². The van der Waals surface area contributed by atoms with Crippen LogP contribution in [0.2, 0.25) is 5.02 Å². The number of hydrogen-bond acceptors (Lipinski definition) is 3. The normalized spacial score (nSPS) is 14.3. The summed E-state index contributed by atoms with van der Waals surface area (Å²) in [4.78, 5) is 19.5. The van der Waals surface area contributed by atoms with Gasteiger partial charge in [0, 0.05) is 55.2 Å². The lowest BCUT2D eigenvalue weighted by Gasteiger charge is -2.23. The summed E-state index contributed by atoms with van der Waals surface area (Å²) >= 11 is 5.91. The van der Waals surface area contributed by atoms with Crippen molar-refractivity contribution in [3.63, 3.8) is 0 Å². The molecule has 146 valence electrons. The summed E-state index contributed by atoms with van der Waals surface area (Å²) in [5.74, 6) is 0. The topological polar surface area (TPSA) is 43.1 Å². The van der Waals surface area contributed by atoms with Gasteiger partial charge in [0.05, 0.1) is 21.9 Å². The number of fused-ring (bicyclic) bond motifs is 3. The third-order valence-corrected chi connectivity index (χ3v) is 6.03. The Kier molecular flexibility index (Phi) is 4.30. The molecule has 3 aromatic heterocycles. The lowest BCUT2D eigenvalue weighted by molar-refractivity contribution is 0.305. The molecule has 4 heterocycles. The van der Waals surface area contributed by atoms with Crippen molar-refractivity contribution in [2.24, 2.45) is 7.05 Å². The summed E-state index contributed by atoms with van der Waals surface area (Å²) in [6.45, 7) is 2.03. The van der Waals surface area contributed by atoms with Crippen LogP contribution in [0.15, 0.2) is 59.7 Å². The van der Waals surface area contributed by atoms with Crippen LogP contribution in [-0.2, 0) is 20.0 Å². The molecule has 0 bridgehead atoms.